The summed E-state index contributed by atoms with van der Waals surface area (Å²) in [7, 11) is -0.569. The molecular formula is C26H30IO2P. The fourth-order valence-corrected chi connectivity index (χ4v) is 6.25. The molecule has 1 saturated heterocycles. The zero-order valence-electron chi connectivity index (χ0n) is 17.4. The van der Waals surface area contributed by atoms with E-state index in [4.69, 9.17) is 9.47 Å². The van der Waals surface area contributed by atoms with Gasteiger partial charge in [-0.1, -0.05) is 84.9 Å². The third-order valence-corrected chi connectivity index (χ3v) is 7.67. The summed E-state index contributed by atoms with van der Waals surface area (Å²) in [6, 6.07) is 30.8. The van der Waals surface area contributed by atoms with Crippen LogP contribution in [0.1, 0.15) is 31.7 Å². The van der Waals surface area contributed by atoms with E-state index in [1.165, 1.54) is 27.9 Å². The lowest BCUT2D eigenvalue weighted by Gasteiger charge is -2.26. The van der Waals surface area contributed by atoms with Gasteiger partial charge in [0.1, 0.15) is 0 Å². The second kappa shape index (κ2) is 12.0. The first-order chi connectivity index (χ1) is 14.3. The van der Waals surface area contributed by atoms with Crippen LogP contribution < -0.4 is 15.9 Å². The molecule has 0 aliphatic carbocycles. The first kappa shape index (κ1) is 23.4. The third-order valence-electron chi connectivity index (χ3n) is 5.24. The number of halogens is 1. The van der Waals surface area contributed by atoms with Crippen molar-refractivity contribution in [3.8, 4) is 0 Å². The van der Waals surface area contributed by atoms with E-state index in [9.17, 15) is 0 Å². The molecule has 158 valence electrons. The molecule has 1 aliphatic heterocycles. The Balaban J connectivity index is 0.00000256. The van der Waals surface area contributed by atoms with Crippen molar-refractivity contribution in [3.63, 3.8) is 0 Å². The Labute approximate surface area is 198 Å². The van der Waals surface area contributed by atoms with Crippen molar-refractivity contribution in [2.24, 2.45) is 0 Å². The zero-order valence-corrected chi connectivity index (χ0v) is 20.7. The third kappa shape index (κ3) is 6.37. The average Bonchev–Trinajstić information content (AvgIpc) is 2.76. The minimum Gasteiger partial charge on any atom is -0.353 e. The first-order valence-corrected chi connectivity index (χ1v) is 11.9. The van der Waals surface area contributed by atoms with E-state index >= 15 is 0 Å². The summed E-state index contributed by atoms with van der Waals surface area (Å²) in [6.07, 6.45) is 4.38. The lowest BCUT2D eigenvalue weighted by Crippen LogP contribution is -2.27. The van der Waals surface area contributed by atoms with Crippen LogP contribution in [0.3, 0.4) is 0 Å². The highest BCUT2D eigenvalue weighted by atomic mass is 127. The number of ether oxygens (including phenoxy) is 2. The smallest absolute Gasteiger partial charge is 0.157 e. The quantitative estimate of drug-likeness (QED) is 0.294. The average molecular weight is 532 g/mol. The molecule has 30 heavy (non-hydrogen) atoms. The first-order valence-electron chi connectivity index (χ1n) is 10.6. The molecule has 0 spiro atoms. The predicted octanol–water partition coefficient (Wildman–Crippen LogP) is 5.54. The Morgan fingerprint density at radius 3 is 2.10 bits per heavy atom. The maximum Gasteiger partial charge on any atom is 0.157 e. The van der Waals surface area contributed by atoms with Crippen molar-refractivity contribution in [1.82, 2.24) is 0 Å². The highest BCUT2D eigenvalue weighted by Gasteiger charge is 2.19. The molecule has 0 amide bonds. The topological polar surface area (TPSA) is 18.5 Å². The Bertz CT molecular complexity index is 842. The van der Waals surface area contributed by atoms with Crippen LogP contribution in [0.5, 0.6) is 0 Å². The summed E-state index contributed by atoms with van der Waals surface area (Å²) in [5.74, 6) is 0. The van der Waals surface area contributed by atoms with Gasteiger partial charge in [-0.15, -0.1) is 24.0 Å². The number of hydrogen-bond donors (Lipinski definition) is 0. The number of benzene rings is 3. The summed E-state index contributed by atoms with van der Waals surface area (Å²) in [5.41, 5.74) is 1.32. The molecule has 0 bridgehead atoms. The van der Waals surface area contributed by atoms with Gasteiger partial charge in [-0.05, 0) is 62.0 Å². The molecule has 2 atom stereocenters. The summed E-state index contributed by atoms with van der Waals surface area (Å²) < 4.78 is 11.9. The van der Waals surface area contributed by atoms with E-state index in [2.05, 4.69) is 91.9 Å². The van der Waals surface area contributed by atoms with E-state index in [-0.39, 0.29) is 36.4 Å². The zero-order chi connectivity index (χ0) is 19.9. The Morgan fingerprint density at radius 2 is 1.50 bits per heavy atom. The van der Waals surface area contributed by atoms with E-state index in [0.717, 1.165) is 25.9 Å². The molecule has 2 unspecified atom stereocenters. The molecule has 2 nitrogen and oxygen atoms in total. The van der Waals surface area contributed by atoms with Gasteiger partial charge in [-0.2, -0.15) is 0 Å². The molecule has 3 aromatic rings. The van der Waals surface area contributed by atoms with Crippen LogP contribution in [0.2, 0.25) is 0 Å². The van der Waals surface area contributed by atoms with Gasteiger partial charge < -0.3 is 9.47 Å². The standard InChI is InChI=1S/C26H29O2P.HI/c1-21(28-26-17-8-9-18-27-26)19-22-11-10-16-25(20-22)29(23-12-4-2-5-13-23)24-14-6-3-7-15-24;/h2-7,10-16,20-21,26H,8-9,17-19H2,1H3;1H. The van der Waals surface area contributed by atoms with Crippen molar-refractivity contribution in [2.75, 3.05) is 6.61 Å². The van der Waals surface area contributed by atoms with Crippen LogP contribution in [0.25, 0.3) is 0 Å². The summed E-state index contributed by atoms with van der Waals surface area (Å²) in [4.78, 5) is 0. The summed E-state index contributed by atoms with van der Waals surface area (Å²) in [6.45, 7) is 2.98. The van der Waals surface area contributed by atoms with Crippen LogP contribution in [-0.4, -0.2) is 19.0 Å². The molecule has 1 fully saturated rings. The van der Waals surface area contributed by atoms with Crippen molar-refractivity contribution in [1.29, 1.82) is 0 Å². The largest absolute Gasteiger partial charge is 0.353 e. The van der Waals surface area contributed by atoms with Crippen LogP contribution in [0.15, 0.2) is 84.9 Å². The summed E-state index contributed by atoms with van der Waals surface area (Å²) in [5, 5.41) is 4.15. The van der Waals surface area contributed by atoms with E-state index in [1.807, 2.05) is 0 Å². The predicted molar refractivity (Wildman–Crippen MR) is 138 cm³/mol. The van der Waals surface area contributed by atoms with Crippen molar-refractivity contribution >= 4 is 47.8 Å². The van der Waals surface area contributed by atoms with Crippen LogP contribution >= 0.6 is 31.9 Å². The highest BCUT2D eigenvalue weighted by Crippen LogP contribution is 2.33. The van der Waals surface area contributed by atoms with Gasteiger partial charge in [0.15, 0.2) is 6.29 Å². The van der Waals surface area contributed by atoms with Crippen LogP contribution in [0.4, 0.5) is 0 Å². The minimum atomic E-state index is -0.569. The maximum absolute atomic E-state index is 6.15. The second-order valence-electron chi connectivity index (χ2n) is 7.62. The van der Waals surface area contributed by atoms with Crippen LogP contribution in [0, 0.1) is 0 Å². The van der Waals surface area contributed by atoms with E-state index in [1.54, 1.807) is 0 Å². The molecule has 3 aromatic carbocycles. The normalized spacial score (nSPS) is 17.3. The SMILES string of the molecule is CC(Cc1cccc(P(c2ccccc2)c2ccccc2)c1)OC1CCCCO1.I. The fraction of sp³-hybridized carbons (Fsp3) is 0.308. The second-order valence-corrected chi connectivity index (χ2v) is 9.84. The van der Waals surface area contributed by atoms with Gasteiger partial charge >= 0.3 is 0 Å². The van der Waals surface area contributed by atoms with Crippen molar-refractivity contribution < 1.29 is 9.47 Å². The number of rotatable bonds is 7. The van der Waals surface area contributed by atoms with Gasteiger partial charge in [0.2, 0.25) is 0 Å². The molecule has 0 aromatic heterocycles. The van der Waals surface area contributed by atoms with Gasteiger partial charge in [0.25, 0.3) is 0 Å². The fourth-order valence-electron chi connectivity index (χ4n) is 3.88. The molecular weight excluding hydrogens is 502 g/mol. The Hall–Kier alpha value is -1.26. The molecule has 0 N–H and O–H groups in total. The Kier molecular flexibility index (Phi) is 9.32. The lowest BCUT2D eigenvalue weighted by atomic mass is 10.1. The monoisotopic (exact) mass is 532 g/mol. The minimum absolute atomic E-state index is 0. The maximum atomic E-state index is 6.15. The molecule has 0 saturated carbocycles. The molecule has 1 heterocycles. The van der Waals surface area contributed by atoms with Gasteiger partial charge in [0.05, 0.1) is 6.10 Å². The van der Waals surface area contributed by atoms with E-state index < -0.39 is 7.92 Å². The van der Waals surface area contributed by atoms with Gasteiger partial charge in [-0.3, -0.25) is 0 Å². The summed E-state index contributed by atoms with van der Waals surface area (Å²) >= 11 is 0. The molecule has 0 radical (unpaired) electrons. The lowest BCUT2D eigenvalue weighted by molar-refractivity contribution is -0.183. The highest BCUT2D eigenvalue weighted by molar-refractivity contribution is 14.0. The molecule has 4 heteroatoms. The van der Waals surface area contributed by atoms with Crippen molar-refractivity contribution in [3.05, 3.63) is 90.5 Å². The molecule has 4 rings (SSSR count). The Morgan fingerprint density at radius 1 is 0.867 bits per heavy atom. The van der Waals surface area contributed by atoms with Crippen molar-refractivity contribution in [2.45, 2.75) is 45.0 Å². The van der Waals surface area contributed by atoms with Gasteiger partial charge in [-0.25, -0.2) is 0 Å². The van der Waals surface area contributed by atoms with E-state index in [0.29, 0.717) is 0 Å². The van der Waals surface area contributed by atoms with Gasteiger partial charge in [0, 0.05) is 6.61 Å². The number of hydrogen-bond acceptors (Lipinski definition) is 2. The van der Waals surface area contributed by atoms with Crippen LogP contribution in [-0.2, 0) is 15.9 Å². The molecule has 1 aliphatic rings.